The minimum absolute atomic E-state index is 1.03. The number of hydrogen-bond acceptors (Lipinski definition) is 0. The maximum Gasteiger partial charge on any atom is -0.0198 e. The van der Waals surface area contributed by atoms with E-state index in [0.717, 1.165) is 6.42 Å². The van der Waals surface area contributed by atoms with Crippen molar-refractivity contribution in [2.24, 2.45) is 0 Å². The fourth-order valence-electron chi connectivity index (χ4n) is 2.69. The molecule has 0 spiro atoms. The van der Waals surface area contributed by atoms with Crippen LogP contribution in [-0.4, -0.2) is 0 Å². The van der Waals surface area contributed by atoms with Crippen molar-refractivity contribution in [2.45, 2.75) is 34.1 Å². The molecule has 2 rings (SSSR count). The highest BCUT2D eigenvalue weighted by molar-refractivity contribution is 5.73. The lowest BCUT2D eigenvalue weighted by Gasteiger charge is -2.07. The first kappa shape index (κ1) is 14.6. The molecule has 0 aromatic heterocycles. The first-order valence-corrected chi connectivity index (χ1v) is 7.23. The highest BCUT2D eigenvalue weighted by Crippen LogP contribution is 2.19. The Bertz CT molecular complexity index is 595. The molecule has 2 aromatic rings. The third kappa shape index (κ3) is 3.60. The quantitative estimate of drug-likeness (QED) is 0.634. The summed E-state index contributed by atoms with van der Waals surface area (Å²) in [5.74, 6) is 0. The van der Waals surface area contributed by atoms with Gasteiger partial charge in [0.1, 0.15) is 0 Å². The Morgan fingerprint density at radius 3 is 2.25 bits per heavy atom. The molecule has 20 heavy (non-hydrogen) atoms. The van der Waals surface area contributed by atoms with Crippen molar-refractivity contribution in [1.29, 1.82) is 0 Å². The molecule has 0 saturated carbocycles. The van der Waals surface area contributed by atoms with E-state index in [-0.39, 0.29) is 0 Å². The van der Waals surface area contributed by atoms with Gasteiger partial charge in [-0.2, -0.15) is 0 Å². The summed E-state index contributed by atoms with van der Waals surface area (Å²) in [6.07, 6.45) is 7.67. The average molecular weight is 263 g/mol. The van der Waals surface area contributed by atoms with Gasteiger partial charge in [-0.05, 0) is 61.4 Å². The molecule has 0 saturated heterocycles. The van der Waals surface area contributed by atoms with Crippen LogP contribution in [-0.2, 0) is 6.42 Å². The smallest absolute Gasteiger partial charge is 0.0198 e. The molecule has 0 nitrogen and oxygen atoms in total. The third-order valence-corrected chi connectivity index (χ3v) is 3.57. The zero-order valence-electron chi connectivity index (χ0n) is 12.9. The maximum atomic E-state index is 2.26. The molecular weight excluding hydrogens is 240 g/mol. The van der Waals surface area contributed by atoms with Gasteiger partial charge < -0.3 is 0 Å². The van der Waals surface area contributed by atoms with Crippen molar-refractivity contribution < 1.29 is 0 Å². The predicted octanol–water partition coefficient (Wildman–Crippen LogP) is 5.55. The molecule has 0 amide bonds. The van der Waals surface area contributed by atoms with Crippen LogP contribution >= 0.6 is 0 Å². The fraction of sp³-hybridized carbons (Fsp3) is 0.250. The molecule has 2 aromatic carbocycles. The predicted molar refractivity (Wildman–Crippen MR) is 89.7 cm³/mol. The van der Waals surface area contributed by atoms with Crippen molar-refractivity contribution in [3.63, 3.8) is 0 Å². The molecule has 0 N–H and O–H groups in total. The monoisotopic (exact) mass is 263 g/mol. The highest BCUT2D eigenvalue weighted by Gasteiger charge is 2.00. The summed E-state index contributed by atoms with van der Waals surface area (Å²) >= 11 is 0. The van der Waals surface area contributed by atoms with Gasteiger partial charge in [-0.1, -0.05) is 61.0 Å². The molecule has 0 aliphatic heterocycles. The first-order chi connectivity index (χ1) is 9.60. The van der Waals surface area contributed by atoms with Crippen LogP contribution in [0.25, 0.3) is 12.2 Å². The van der Waals surface area contributed by atoms with Gasteiger partial charge in [0.25, 0.3) is 0 Å². The van der Waals surface area contributed by atoms with Gasteiger partial charge in [0.15, 0.2) is 0 Å². The summed E-state index contributed by atoms with van der Waals surface area (Å²) < 4.78 is 0. The van der Waals surface area contributed by atoms with Crippen LogP contribution in [0.5, 0.6) is 0 Å². The van der Waals surface area contributed by atoms with Gasteiger partial charge in [-0.3, -0.25) is 0 Å². The standard InChI is InChI=1S/C20H23/c1-5-7-18-8-6-9-19(14-18)10-11-20-16(3)12-15(2)13-17(20)4/h5-6,8-14H,7H2,1-4H3/b11-10+. The zero-order valence-corrected chi connectivity index (χ0v) is 12.9. The van der Waals surface area contributed by atoms with Gasteiger partial charge in [-0.15, -0.1) is 0 Å². The van der Waals surface area contributed by atoms with Gasteiger partial charge in [0.05, 0.1) is 0 Å². The van der Waals surface area contributed by atoms with E-state index in [0.29, 0.717) is 0 Å². The second-order valence-corrected chi connectivity index (χ2v) is 5.50. The van der Waals surface area contributed by atoms with Crippen molar-refractivity contribution in [1.82, 2.24) is 0 Å². The normalized spacial score (nSPS) is 11.2. The molecule has 0 unspecified atom stereocenters. The molecule has 0 aliphatic carbocycles. The second kappa shape index (κ2) is 6.56. The number of benzene rings is 2. The minimum atomic E-state index is 1.03. The lowest BCUT2D eigenvalue weighted by atomic mass is 9.98. The molecule has 1 radical (unpaired) electrons. The van der Waals surface area contributed by atoms with Gasteiger partial charge >= 0.3 is 0 Å². The Morgan fingerprint density at radius 1 is 0.900 bits per heavy atom. The van der Waals surface area contributed by atoms with Gasteiger partial charge in [-0.25, -0.2) is 0 Å². The summed E-state index contributed by atoms with van der Waals surface area (Å²) in [4.78, 5) is 0. The van der Waals surface area contributed by atoms with E-state index in [1.165, 1.54) is 33.4 Å². The van der Waals surface area contributed by atoms with Crippen molar-refractivity contribution >= 4 is 12.2 Å². The molecule has 0 heteroatoms. The molecule has 0 bridgehead atoms. The molecule has 0 heterocycles. The van der Waals surface area contributed by atoms with Crippen molar-refractivity contribution in [3.05, 3.63) is 76.2 Å². The van der Waals surface area contributed by atoms with E-state index in [9.17, 15) is 0 Å². The Balaban J connectivity index is 2.27. The third-order valence-electron chi connectivity index (χ3n) is 3.57. The Labute approximate surface area is 123 Å². The Hall–Kier alpha value is -1.82. The van der Waals surface area contributed by atoms with E-state index in [2.05, 4.69) is 82.7 Å². The number of aryl methyl sites for hydroxylation is 3. The van der Waals surface area contributed by atoms with E-state index < -0.39 is 0 Å². The van der Waals surface area contributed by atoms with E-state index in [1.54, 1.807) is 0 Å². The minimum Gasteiger partial charge on any atom is -0.0619 e. The van der Waals surface area contributed by atoms with Crippen LogP contribution in [0.3, 0.4) is 0 Å². The largest absolute Gasteiger partial charge is 0.0619 e. The summed E-state index contributed by atoms with van der Waals surface area (Å²) in [5, 5.41) is 0. The van der Waals surface area contributed by atoms with E-state index in [1.807, 2.05) is 0 Å². The molecular formula is C20H23. The Morgan fingerprint density at radius 2 is 1.60 bits per heavy atom. The van der Waals surface area contributed by atoms with E-state index >= 15 is 0 Å². The summed E-state index contributed by atoms with van der Waals surface area (Å²) in [6, 6.07) is 13.2. The van der Waals surface area contributed by atoms with Crippen LogP contribution in [0.2, 0.25) is 0 Å². The van der Waals surface area contributed by atoms with Gasteiger partial charge in [0.2, 0.25) is 0 Å². The van der Waals surface area contributed by atoms with Crippen LogP contribution in [0.15, 0.2) is 36.4 Å². The highest BCUT2D eigenvalue weighted by atomic mass is 14.1. The van der Waals surface area contributed by atoms with Crippen LogP contribution in [0.1, 0.15) is 40.3 Å². The molecule has 0 aliphatic rings. The lowest BCUT2D eigenvalue weighted by molar-refractivity contribution is 1.14. The SMILES string of the molecule is C[CH]Cc1cccc(/C=C/c2c(C)cc(C)cc2C)c1. The lowest BCUT2D eigenvalue weighted by Crippen LogP contribution is -1.88. The van der Waals surface area contributed by atoms with Crippen LogP contribution in [0.4, 0.5) is 0 Å². The zero-order chi connectivity index (χ0) is 14.5. The Kier molecular flexibility index (Phi) is 4.79. The topological polar surface area (TPSA) is 0 Å². The van der Waals surface area contributed by atoms with Crippen LogP contribution in [0, 0.1) is 27.2 Å². The van der Waals surface area contributed by atoms with E-state index in [4.69, 9.17) is 0 Å². The number of hydrogen-bond donors (Lipinski definition) is 0. The molecule has 103 valence electrons. The van der Waals surface area contributed by atoms with Crippen molar-refractivity contribution in [3.8, 4) is 0 Å². The summed E-state index contributed by atoms with van der Waals surface area (Å²) in [6.45, 7) is 8.62. The fourth-order valence-corrected chi connectivity index (χ4v) is 2.69. The molecule has 0 fully saturated rings. The van der Waals surface area contributed by atoms with Crippen molar-refractivity contribution in [2.75, 3.05) is 0 Å². The summed E-state index contributed by atoms with van der Waals surface area (Å²) in [5.41, 5.74) is 7.99. The van der Waals surface area contributed by atoms with Crippen LogP contribution < -0.4 is 0 Å². The maximum absolute atomic E-state index is 2.26. The molecule has 0 atom stereocenters. The van der Waals surface area contributed by atoms with Gasteiger partial charge in [0, 0.05) is 0 Å². The first-order valence-electron chi connectivity index (χ1n) is 7.23. The second-order valence-electron chi connectivity index (χ2n) is 5.50. The summed E-state index contributed by atoms with van der Waals surface area (Å²) in [7, 11) is 0. The number of rotatable bonds is 4. The average Bonchev–Trinajstić information content (AvgIpc) is 2.38.